The molecule has 3 aromatic rings. The van der Waals surface area contributed by atoms with Gasteiger partial charge in [0.25, 0.3) is 0 Å². The highest BCUT2D eigenvalue weighted by Crippen LogP contribution is 2.29. The molecule has 0 bridgehead atoms. The Kier molecular flexibility index (Phi) is 4.03. The van der Waals surface area contributed by atoms with E-state index < -0.39 is 0 Å². The Morgan fingerprint density at radius 2 is 2.11 bits per heavy atom. The number of nitrogens with zero attached hydrogens (tertiary/aromatic N) is 6. The maximum atomic E-state index is 4.61. The van der Waals surface area contributed by atoms with Gasteiger partial charge in [0, 0.05) is 38.9 Å². The molecule has 3 aromatic heterocycles. The van der Waals surface area contributed by atoms with Crippen molar-refractivity contribution in [2.24, 2.45) is 5.92 Å². The van der Waals surface area contributed by atoms with Gasteiger partial charge in [-0.3, -0.25) is 0 Å². The lowest BCUT2D eigenvalue weighted by Crippen LogP contribution is -2.35. The number of hydrogen-bond donors (Lipinski definition) is 2. The van der Waals surface area contributed by atoms with Crippen molar-refractivity contribution < 1.29 is 0 Å². The molecule has 140 valence electrons. The molecule has 0 spiro atoms. The molecule has 1 aliphatic heterocycles. The molecule has 0 radical (unpaired) electrons. The Labute approximate surface area is 158 Å². The van der Waals surface area contributed by atoms with E-state index in [0.29, 0.717) is 6.04 Å². The van der Waals surface area contributed by atoms with Gasteiger partial charge in [-0.1, -0.05) is 0 Å². The number of anilines is 3. The molecule has 2 N–H and O–H groups in total. The molecule has 1 saturated carbocycles. The second kappa shape index (κ2) is 6.68. The van der Waals surface area contributed by atoms with E-state index in [-0.39, 0.29) is 0 Å². The summed E-state index contributed by atoms with van der Waals surface area (Å²) in [6.07, 6.45) is 11.0. The third kappa shape index (κ3) is 3.27. The van der Waals surface area contributed by atoms with E-state index in [9.17, 15) is 0 Å². The smallest absolute Gasteiger partial charge is 0.147 e. The van der Waals surface area contributed by atoms with E-state index in [1.54, 1.807) is 6.33 Å². The summed E-state index contributed by atoms with van der Waals surface area (Å²) in [4.78, 5) is 25.7. The fourth-order valence-corrected chi connectivity index (χ4v) is 3.71. The summed E-state index contributed by atoms with van der Waals surface area (Å²) in [6.45, 7) is 2.89. The number of aromatic amines is 1. The van der Waals surface area contributed by atoms with E-state index in [1.807, 2.05) is 24.7 Å². The molecular formula is C19H24N8. The molecular weight excluding hydrogens is 340 g/mol. The van der Waals surface area contributed by atoms with Crippen LogP contribution in [-0.2, 0) is 0 Å². The largest absolute Gasteiger partial charge is 0.369 e. The topological polar surface area (TPSA) is 85.9 Å². The predicted octanol–water partition coefficient (Wildman–Crippen LogP) is 2.28. The van der Waals surface area contributed by atoms with Gasteiger partial charge in [-0.15, -0.1) is 0 Å². The lowest BCUT2D eigenvalue weighted by Gasteiger charge is -2.26. The first-order chi connectivity index (χ1) is 13.3. The Morgan fingerprint density at radius 3 is 2.93 bits per heavy atom. The van der Waals surface area contributed by atoms with Crippen LogP contribution in [0.1, 0.15) is 19.3 Å². The maximum absolute atomic E-state index is 4.61. The minimum absolute atomic E-state index is 0.383. The second-order valence-electron chi connectivity index (χ2n) is 7.52. The van der Waals surface area contributed by atoms with Crippen LogP contribution in [0, 0.1) is 5.92 Å². The Hall–Kier alpha value is -2.90. The molecule has 0 amide bonds. The second-order valence-corrected chi connectivity index (χ2v) is 7.52. The molecule has 1 atom stereocenters. The van der Waals surface area contributed by atoms with Gasteiger partial charge in [-0.25, -0.2) is 19.9 Å². The Balaban J connectivity index is 1.26. The first-order valence-electron chi connectivity index (χ1n) is 9.60. The van der Waals surface area contributed by atoms with Crippen LogP contribution in [0.2, 0.25) is 0 Å². The van der Waals surface area contributed by atoms with Crippen molar-refractivity contribution in [3.63, 3.8) is 0 Å². The molecule has 0 aromatic carbocycles. The maximum Gasteiger partial charge on any atom is 0.147 e. The zero-order valence-corrected chi connectivity index (χ0v) is 15.5. The average molecular weight is 364 g/mol. The summed E-state index contributed by atoms with van der Waals surface area (Å²) >= 11 is 0. The standard InChI is InChI=1S/C19H24N8/c1-26(17-10-22-16(9-23-17)21-8-13-2-3-13)14-5-7-27(11-14)19-15-4-6-20-18(15)24-12-25-19/h4,6,9-10,12-14H,2-3,5,7-8,11H2,1H3,(H,21,22)(H,20,24,25)/t14-/m1/s1. The summed E-state index contributed by atoms with van der Waals surface area (Å²) in [5.41, 5.74) is 0.886. The van der Waals surface area contributed by atoms with Crippen LogP contribution in [-0.4, -0.2) is 57.6 Å². The first-order valence-corrected chi connectivity index (χ1v) is 9.60. The summed E-state index contributed by atoms with van der Waals surface area (Å²) < 4.78 is 0. The van der Waals surface area contributed by atoms with Crippen molar-refractivity contribution in [3.05, 3.63) is 31.0 Å². The molecule has 27 heavy (non-hydrogen) atoms. The van der Waals surface area contributed by atoms with Crippen molar-refractivity contribution in [2.45, 2.75) is 25.3 Å². The fourth-order valence-electron chi connectivity index (χ4n) is 3.71. The van der Waals surface area contributed by atoms with Gasteiger partial charge >= 0.3 is 0 Å². The minimum atomic E-state index is 0.383. The highest BCUT2D eigenvalue weighted by atomic mass is 15.3. The van der Waals surface area contributed by atoms with Gasteiger partial charge in [0.05, 0.1) is 17.8 Å². The van der Waals surface area contributed by atoms with Crippen molar-refractivity contribution in [2.75, 3.05) is 41.8 Å². The van der Waals surface area contributed by atoms with E-state index in [4.69, 9.17) is 0 Å². The summed E-state index contributed by atoms with van der Waals surface area (Å²) in [5.74, 6) is 3.60. The molecule has 5 rings (SSSR count). The van der Waals surface area contributed by atoms with E-state index >= 15 is 0 Å². The molecule has 8 nitrogen and oxygen atoms in total. The van der Waals surface area contributed by atoms with Crippen LogP contribution in [0.5, 0.6) is 0 Å². The molecule has 2 fully saturated rings. The van der Waals surface area contributed by atoms with Gasteiger partial charge < -0.3 is 20.1 Å². The summed E-state index contributed by atoms with van der Waals surface area (Å²) in [5, 5.41) is 4.44. The van der Waals surface area contributed by atoms with Crippen molar-refractivity contribution in [3.8, 4) is 0 Å². The number of nitrogens with one attached hydrogen (secondary N) is 2. The minimum Gasteiger partial charge on any atom is -0.369 e. The van der Waals surface area contributed by atoms with Crippen LogP contribution < -0.4 is 15.1 Å². The summed E-state index contributed by atoms with van der Waals surface area (Å²) in [6, 6.07) is 2.43. The number of likely N-dealkylation sites (N-methyl/N-ethyl adjacent to an activating group) is 1. The zero-order valence-electron chi connectivity index (χ0n) is 15.5. The van der Waals surface area contributed by atoms with E-state index in [2.05, 4.69) is 47.1 Å². The highest BCUT2D eigenvalue weighted by Gasteiger charge is 2.28. The van der Waals surface area contributed by atoms with Crippen molar-refractivity contribution in [1.29, 1.82) is 0 Å². The van der Waals surface area contributed by atoms with Gasteiger partial charge in [-0.05, 0) is 31.2 Å². The number of aromatic nitrogens is 5. The first kappa shape index (κ1) is 16.3. The van der Waals surface area contributed by atoms with E-state index in [1.165, 1.54) is 12.8 Å². The number of hydrogen-bond acceptors (Lipinski definition) is 7. The van der Waals surface area contributed by atoms with Crippen molar-refractivity contribution in [1.82, 2.24) is 24.9 Å². The van der Waals surface area contributed by atoms with Crippen LogP contribution in [0.4, 0.5) is 17.5 Å². The summed E-state index contributed by atoms with van der Waals surface area (Å²) in [7, 11) is 2.10. The SMILES string of the molecule is CN(c1cnc(NCC2CC2)cn1)[C@@H]1CCN(c2ncnc3[nH]ccc23)C1. The third-order valence-corrected chi connectivity index (χ3v) is 5.61. The average Bonchev–Trinajstić information content (AvgIpc) is 3.19. The van der Waals surface area contributed by atoms with Crippen molar-refractivity contribution >= 4 is 28.5 Å². The number of rotatable bonds is 6. The predicted molar refractivity (Wildman–Crippen MR) is 106 cm³/mol. The molecule has 2 aliphatic rings. The van der Waals surface area contributed by atoms with E-state index in [0.717, 1.165) is 60.5 Å². The number of fused-ring (bicyclic) bond motifs is 1. The molecule has 0 unspecified atom stereocenters. The lowest BCUT2D eigenvalue weighted by atomic mass is 10.2. The zero-order chi connectivity index (χ0) is 18.2. The van der Waals surface area contributed by atoms with Gasteiger partial charge in [0.15, 0.2) is 0 Å². The lowest BCUT2D eigenvalue weighted by molar-refractivity contribution is 0.682. The van der Waals surface area contributed by atoms with Crippen LogP contribution >= 0.6 is 0 Å². The van der Waals surface area contributed by atoms with Gasteiger partial charge in [0.1, 0.15) is 29.4 Å². The monoisotopic (exact) mass is 364 g/mol. The number of H-pyrrole nitrogens is 1. The molecule has 1 aliphatic carbocycles. The Morgan fingerprint density at radius 1 is 1.19 bits per heavy atom. The highest BCUT2D eigenvalue weighted by molar-refractivity contribution is 5.87. The van der Waals surface area contributed by atoms with Gasteiger partial charge in [-0.2, -0.15) is 0 Å². The third-order valence-electron chi connectivity index (χ3n) is 5.61. The van der Waals surface area contributed by atoms with Crippen LogP contribution in [0.3, 0.4) is 0 Å². The molecule has 4 heterocycles. The van der Waals surface area contributed by atoms with Gasteiger partial charge in [0.2, 0.25) is 0 Å². The fraction of sp³-hybridized carbons (Fsp3) is 0.474. The molecule has 8 heteroatoms. The van der Waals surface area contributed by atoms with Crippen LogP contribution in [0.25, 0.3) is 11.0 Å². The Bertz CT molecular complexity index is 917. The quantitative estimate of drug-likeness (QED) is 0.694. The normalized spacial score (nSPS) is 19.6. The van der Waals surface area contributed by atoms with Crippen LogP contribution in [0.15, 0.2) is 31.0 Å². The molecule has 1 saturated heterocycles.